The Kier molecular flexibility index (Phi) is 4.49. The molecule has 0 amide bonds. The number of anilines is 1. The average molecular weight is 234 g/mol. The lowest BCUT2D eigenvalue weighted by atomic mass is 10.1. The van der Waals surface area contributed by atoms with E-state index in [9.17, 15) is 0 Å². The lowest BCUT2D eigenvalue weighted by molar-refractivity contribution is 0.765. The van der Waals surface area contributed by atoms with Crippen LogP contribution in [0, 0.1) is 19.3 Å². The van der Waals surface area contributed by atoms with E-state index in [4.69, 9.17) is 11.1 Å². The minimum absolute atomic E-state index is 0.0911. The van der Waals surface area contributed by atoms with Gasteiger partial charge in [0.15, 0.2) is 0 Å². The second-order valence-electron chi connectivity index (χ2n) is 4.43. The Labute approximate surface area is 103 Å². The monoisotopic (exact) mass is 234 g/mol. The Hall–Kier alpha value is -1.58. The first-order valence-corrected chi connectivity index (χ1v) is 6.01. The summed E-state index contributed by atoms with van der Waals surface area (Å²) in [7, 11) is 2.04. The Morgan fingerprint density at radius 3 is 2.65 bits per heavy atom. The Morgan fingerprint density at radius 1 is 1.47 bits per heavy atom. The minimum atomic E-state index is 0.0911. The van der Waals surface area contributed by atoms with Crippen LogP contribution in [0.25, 0.3) is 0 Å². The van der Waals surface area contributed by atoms with E-state index in [1.54, 1.807) is 0 Å². The summed E-state index contributed by atoms with van der Waals surface area (Å²) in [6.45, 7) is 7.01. The van der Waals surface area contributed by atoms with E-state index in [0.29, 0.717) is 0 Å². The van der Waals surface area contributed by atoms with Crippen LogP contribution in [0.3, 0.4) is 0 Å². The molecule has 94 valence electrons. The Morgan fingerprint density at radius 2 is 2.12 bits per heavy atom. The SMILES string of the molecule is CCCCN(C)c1cc(C)nc(C)c1C(=N)N. The summed E-state index contributed by atoms with van der Waals surface area (Å²) in [6.07, 6.45) is 2.29. The third-order valence-electron chi connectivity index (χ3n) is 2.84. The van der Waals surface area contributed by atoms with Crippen LogP contribution in [-0.2, 0) is 0 Å². The van der Waals surface area contributed by atoms with Gasteiger partial charge in [-0.3, -0.25) is 10.4 Å². The quantitative estimate of drug-likeness (QED) is 0.606. The highest BCUT2D eigenvalue weighted by Gasteiger charge is 2.14. The van der Waals surface area contributed by atoms with Crippen LogP contribution in [0.15, 0.2) is 6.07 Å². The molecule has 1 heterocycles. The third-order valence-corrected chi connectivity index (χ3v) is 2.84. The summed E-state index contributed by atoms with van der Waals surface area (Å²) in [5.41, 5.74) is 9.21. The molecule has 0 aromatic carbocycles. The van der Waals surface area contributed by atoms with Gasteiger partial charge >= 0.3 is 0 Å². The predicted octanol–water partition coefficient (Wildman–Crippen LogP) is 2.22. The lowest BCUT2D eigenvalue weighted by Crippen LogP contribution is -2.25. The van der Waals surface area contributed by atoms with Crippen molar-refractivity contribution in [2.24, 2.45) is 5.73 Å². The molecule has 4 heteroatoms. The highest BCUT2D eigenvalue weighted by molar-refractivity contribution is 6.01. The average Bonchev–Trinajstić information content (AvgIpc) is 2.23. The van der Waals surface area contributed by atoms with Crippen molar-refractivity contribution in [1.29, 1.82) is 5.41 Å². The molecule has 0 saturated carbocycles. The van der Waals surface area contributed by atoms with Crippen LogP contribution in [0.2, 0.25) is 0 Å². The number of nitrogens with zero attached hydrogens (tertiary/aromatic N) is 2. The number of hydrogen-bond acceptors (Lipinski definition) is 3. The van der Waals surface area contributed by atoms with E-state index < -0.39 is 0 Å². The molecule has 0 fully saturated rings. The molecule has 1 rings (SSSR count). The summed E-state index contributed by atoms with van der Waals surface area (Å²) in [6, 6.07) is 2.00. The highest BCUT2D eigenvalue weighted by atomic mass is 15.1. The second-order valence-corrected chi connectivity index (χ2v) is 4.43. The Balaban J connectivity index is 3.15. The molecule has 1 aromatic rings. The first kappa shape index (κ1) is 13.5. The fraction of sp³-hybridized carbons (Fsp3) is 0.538. The maximum atomic E-state index is 7.67. The zero-order valence-corrected chi connectivity index (χ0v) is 11.2. The van der Waals surface area contributed by atoms with Gasteiger partial charge in [-0.15, -0.1) is 0 Å². The molecule has 1 aromatic heterocycles. The number of pyridine rings is 1. The molecule has 0 aliphatic rings. The van der Waals surface area contributed by atoms with Gasteiger partial charge in [-0.1, -0.05) is 13.3 Å². The van der Waals surface area contributed by atoms with E-state index in [-0.39, 0.29) is 5.84 Å². The van der Waals surface area contributed by atoms with Crippen molar-refractivity contribution < 1.29 is 0 Å². The van der Waals surface area contributed by atoms with E-state index in [2.05, 4.69) is 16.8 Å². The first-order chi connectivity index (χ1) is 7.97. The number of unbranched alkanes of at least 4 members (excludes halogenated alkanes) is 1. The van der Waals surface area contributed by atoms with Crippen LogP contribution in [0.4, 0.5) is 5.69 Å². The summed E-state index contributed by atoms with van der Waals surface area (Å²) in [5, 5.41) is 7.67. The molecule has 4 nitrogen and oxygen atoms in total. The highest BCUT2D eigenvalue weighted by Crippen LogP contribution is 2.22. The van der Waals surface area contributed by atoms with Gasteiger partial charge in [-0.25, -0.2) is 0 Å². The van der Waals surface area contributed by atoms with Gasteiger partial charge in [0.25, 0.3) is 0 Å². The van der Waals surface area contributed by atoms with Crippen molar-refractivity contribution in [2.75, 3.05) is 18.5 Å². The number of aryl methyl sites for hydroxylation is 2. The molecule has 3 N–H and O–H groups in total. The van der Waals surface area contributed by atoms with Crippen LogP contribution >= 0.6 is 0 Å². The lowest BCUT2D eigenvalue weighted by Gasteiger charge is -2.23. The first-order valence-electron chi connectivity index (χ1n) is 6.01. The van der Waals surface area contributed by atoms with Crippen molar-refractivity contribution >= 4 is 11.5 Å². The normalized spacial score (nSPS) is 10.4. The predicted molar refractivity (Wildman–Crippen MR) is 72.9 cm³/mol. The maximum Gasteiger partial charge on any atom is 0.126 e. The molecule has 0 unspecified atom stereocenters. The molecule has 17 heavy (non-hydrogen) atoms. The number of nitrogens with two attached hydrogens (primary N) is 1. The van der Waals surface area contributed by atoms with Gasteiger partial charge in [-0.2, -0.15) is 0 Å². The van der Waals surface area contributed by atoms with Crippen LogP contribution < -0.4 is 10.6 Å². The number of nitrogen functional groups attached to an aromatic ring is 1. The zero-order chi connectivity index (χ0) is 13.0. The molecule has 0 radical (unpaired) electrons. The molecule has 0 bridgehead atoms. The summed E-state index contributed by atoms with van der Waals surface area (Å²) in [5.74, 6) is 0.0911. The second kappa shape index (κ2) is 5.66. The van der Waals surface area contributed by atoms with Crippen molar-refractivity contribution in [2.45, 2.75) is 33.6 Å². The van der Waals surface area contributed by atoms with Crippen molar-refractivity contribution in [3.05, 3.63) is 23.0 Å². The molecular weight excluding hydrogens is 212 g/mol. The molecule has 0 aliphatic carbocycles. The molecule has 0 aliphatic heterocycles. The topological polar surface area (TPSA) is 66.0 Å². The maximum absolute atomic E-state index is 7.67. The van der Waals surface area contributed by atoms with Crippen LogP contribution in [0.5, 0.6) is 0 Å². The number of rotatable bonds is 5. The van der Waals surface area contributed by atoms with Crippen molar-refractivity contribution in [3.8, 4) is 0 Å². The summed E-state index contributed by atoms with van der Waals surface area (Å²) < 4.78 is 0. The minimum Gasteiger partial charge on any atom is -0.384 e. The number of aromatic nitrogens is 1. The van der Waals surface area contributed by atoms with Gasteiger partial charge in [0.1, 0.15) is 5.84 Å². The van der Waals surface area contributed by atoms with Gasteiger partial charge in [-0.05, 0) is 26.3 Å². The number of hydrogen-bond donors (Lipinski definition) is 2. The fourth-order valence-electron chi connectivity index (χ4n) is 1.96. The zero-order valence-electron chi connectivity index (χ0n) is 11.2. The number of nitrogens with one attached hydrogen (secondary N) is 1. The van der Waals surface area contributed by atoms with E-state index in [0.717, 1.165) is 42.0 Å². The van der Waals surface area contributed by atoms with Crippen molar-refractivity contribution in [3.63, 3.8) is 0 Å². The molecule has 0 saturated heterocycles. The molecular formula is C13H22N4. The summed E-state index contributed by atoms with van der Waals surface area (Å²) >= 11 is 0. The van der Waals surface area contributed by atoms with Gasteiger partial charge in [0.05, 0.1) is 16.9 Å². The molecule has 0 spiro atoms. The summed E-state index contributed by atoms with van der Waals surface area (Å²) in [4.78, 5) is 6.53. The fourth-order valence-corrected chi connectivity index (χ4v) is 1.96. The Bertz CT molecular complexity index is 412. The number of amidine groups is 1. The van der Waals surface area contributed by atoms with E-state index in [1.165, 1.54) is 0 Å². The van der Waals surface area contributed by atoms with Crippen LogP contribution in [-0.4, -0.2) is 24.4 Å². The van der Waals surface area contributed by atoms with Crippen molar-refractivity contribution in [1.82, 2.24) is 4.98 Å². The van der Waals surface area contributed by atoms with Crippen LogP contribution in [0.1, 0.15) is 36.7 Å². The van der Waals surface area contributed by atoms with E-state index in [1.807, 2.05) is 27.0 Å². The largest absolute Gasteiger partial charge is 0.384 e. The standard InChI is InChI=1S/C13H22N4/c1-5-6-7-17(4)11-8-9(2)16-10(3)12(11)13(14)15/h8H,5-7H2,1-4H3,(H3,14,15). The smallest absolute Gasteiger partial charge is 0.126 e. The van der Waals surface area contributed by atoms with Gasteiger partial charge in [0.2, 0.25) is 0 Å². The molecule has 0 atom stereocenters. The van der Waals surface area contributed by atoms with Gasteiger partial charge < -0.3 is 10.6 Å². The van der Waals surface area contributed by atoms with E-state index >= 15 is 0 Å². The third kappa shape index (κ3) is 3.19. The van der Waals surface area contributed by atoms with Gasteiger partial charge in [0, 0.05) is 19.3 Å².